The van der Waals surface area contributed by atoms with E-state index in [4.69, 9.17) is 46.4 Å². The van der Waals surface area contributed by atoms with E-state index in [1.54, 1.807) is 97.5 Å². The number of rotatable bonds is 10. The Morgan fingerprint density at radius 2 is 0.850 bits per heavy atom. The number of benzene rings is 4. The van der Waals surface area contributed by atoms with Crippen LogP contribution in [0.4, 0.5) is 11.4 Å². The number of nitrogens with zero attached hydrogens (tertiary/aromatic N) is 2. The van der Waals surface area contributed by atoms with Crippen molar-refractivity contribution in [2.24, 2.45) is 0 Å². The molecule has 4 rings (SSSR count). The van der Waals surface area contributed by atoms with Gasteiger partial charge in [0.05, 0.1) is 12.6 Å². The summed E-state index contributed by atoms with van der Waals surface area (Å²) in [6, 6.07) is 28.4. The smallest absolute Gasteiger partial charge is 0.676 e. The molecular weight excluding hydrogens is 669 g/mol. The van der Waals surface area contributed by atoms with Crippen LogP contribution in [0.1, 0.15) is 11.1 Å². The molecule has 4 aromatic carbocycles. The van der Waals surface area contributed by atoms with E-state index in [1.807, 2.05) is 12.1 Å². The van der Waals surface area contributed by atoms with Crippen molar-refractivity contribution in [2.45, 2.75) is 0 Å². The second-order valence-corrected chi connectivity index (χ2v) is 9.14. The molecule has 1 N–H and O–H groups in total. The van der Waals surface area contributed by atoms with Crippen molar-refractivity contribution in [3.63, 3.8) is 0 Å². The molecule has 0 heterocycles. The minimum absolute atomic E-state index is 0. The summed E-state index contributed by atoms with van der Waals surface area (Å²) in [7, 11) is 0. The Bertz CT molecular complexity index is 1140. The number of aliphatic hydroxyl groups is 2. The Balaban J connectivity index is 0.000000382. The fourth-order valence-corrected chi connectivity index (χ4v) is 3.90. The van der Waals surface area contributed by atoms with Gasteiger partial charge >= 0.3 is 26.2 Å². The molecule has 0 atom stereocenters. The van der Waals surface area contributed by atoms with Crippen LogP contribution in [0, 0.1) is 0 Å². The molecule has 0 saturated heterocycles. The summed E-state index contributed by atoms with van der Waals surface area (Å²) in [5.41, 5.74) is 2.43. The van der Waals surface area contributed by atoms with Gasteiger partial charge in [0.2, 0.25) is 0 Å². The SMILES string of the molecule is Clc1cccc(Cl)c1[N-]CC[OH+]CC[N-]c1c(Cl)cccc1Cl.O=[C-]c1ccccc1.O=[C-]c1ccccc1.[Zr+3]. The zero-order chi connectivity index (χ0) is 28.3. The van der Waals surface area contributed by atoms with E-state index in [1.165, 1.54) is 0 Å². The number of halogens is 4. The minimum atomic E-state index is 0. The average molecular weight is 695 g/mol. The maximum Gasteiger partial charge on any atom is 3.00 e. The van der Waals surface area contributed by atoms with Gasteiger partial charge in [-0.2, -0.15) is 35.4 Å². The first-order chi connectivity index (χ1) is 19.0. The zero-order valence-electron chi connectivity index (χ0n) is 21.2. The van der Waals surface area contributed by atoms with Gasteiger partial charge in [-0.15, -0.1) is 35.6 Å². The largest absolute Gasteiger partial charge is 3.00 e. The molecule has 0 saturated carbocycles. The summed E-state index contributed by atoms with van der Waals surface area (Å²) < 4.78 is 4.36. The number of para-hydroxylation sites is 2. The standard InChI is InChI=1S/C16H14Cl4N2O.2C7H5O.Zr/c17-11-3-1-4-12(18)15(11)21-7-9-23-10-8-22-16-13(19)5-2-6-14(16)20;2*8-6-7-4-2-1-3-5-7;/h1-6H,7-10H2;2*1-5H;/q-2;2*-1;+3/p+1. The third-order valence-corrected chi connectivity index (χ3v) is 5.93. The summed E-state index contributed by atoms with van der Waals surface area (Å²) >= 11 is 24.2. The molecule has 0 aromatic heterocycles. The second kappa shape index (κ2) is 21.6. The molecule has 10 heteroatoms. The molecule has 0 unspecified atom stereocenters. The quantitative estimate of drug-likeness (QED) is 0.0946. The molecule has 0 fully saturated rings. The number of ether oxygens (including phenoxy) is 1. The maximum atomic E-state index is 9.88. The van der Waals surface area contributed by atoms with Crippen LogP contribution in [0.5, 0.6) is 0 Å². The molecule has 40 heavy (non-hydrogen) atoms. The van der Waals surface area contributed by atoms with Crippen LogP contribution in [0.3, 0.4) is 0 Å². The van der Waals surface area contributed by atoms with Crippen molar-refractivity contribution in [3.05, 3.63) is 139 Å². The van der Waals surface area contributed by atoms with Gasteiger partial charge in [0, 0.05) is 20.1 Å². The summed E-state index contributed by atoms with van der Waals surface area (Å²) in [5.74, 6) is 0. The Hall–Kier alpha value is -2.18. The first kappa shape index (κ1) is 35.8. The minimum Gasteiger partial charge on any atom is -0.676 e. The molecule has 5 nitrogen and oxygen atoms in total. The number of hydrogen-bond donors (Lipinski definition) is 0. The van der Waals surface area contributed by atoms with Gasteiger partial charge in [-0.3, -0.25) is 0 Å². The Morgan fingerprint density at radius 1 is 0.525 bits per heavy atom. The van der Waals surface area contributed by atoms with E-state index in [0.717, 1.165) is 0 Å². The fourth-order valence-electron chi connectivity index (χ4n) is 2.87. The molecule has 0 bridgehead atoms. The fraction of sp³-hybridized carbons (Fsp3) is 0.133. The molecule has 205 valence electrons. The zero-order valence-corrected chi connectivity index (χ0v) is 26.7. The van der Waals surface area contributed by atoms with Gasteiger partial charge < -0.3 is 25.0 Å². The van der Waals surface area contributed by atoms with Gasteiger partial charge in [-0.1, -0.05) is 83.8 Å². The van der Waals surface area contributed by atoms with Gasteiger partial charge in [-0.25, -0.2) is 0 Å². The molecule has 0 amide bonds. The Morgan fingerprint density at radius 3 is 1.12 bits per heavy atom. The predicted molar refractivity (Wildman–Crippen MR) is 163 cm³/mol. The van der Waals surface area contributed by atoms with Crippen molar-refractivity contribution >= 4 is 70.4 Å². The number of hydrogen-bond acceptors (Lipinski definition) is 2. The van der Waals surface area contributed by atoms with Gasteiger partial charge in [0.25, 0.3) is 0 Å². The molecular formula is C30H25Cl4N2O3Zr. The molecule has 4 aromatic rings. The predicted octanol–water partition coefficient (Wildman–Crippen LogP) is 8.83. The summed E-state index contributed by atoms with van der Waals surface area (Å²) in [6.45, 7) is 2.20. The normalized spacial score (nSPS) is 9.50. The Kier molecular flexibility index (Phi) is 19.3. The topological polar surface area (TPSA) is 75.1 Å². The van der Waals surface area contributed by atoms with E-state index in [0.29, 0.717) is 68.9 Å². The number of carbonyl (C=O) groups excluding carboxylic acids is 2. The molecule has 0 aliphatic heterocycles. The Labute approximate surface area is 274 Å². The van der Waals surface area contributed by atoms with Crippen molar-refractivity contribution in [1.29, 1.82) is 0 Å². The monoisotopic (exact) mass is 691 g/mol. The third-order valence-electron chi connectivity index (χ3n) is 4.71. The van der Waals surface area contributed by atoms with Crippen molar-refractivity contribution in [3.8, 4) is 0 Å². The molecule has 0 spiro atoms. The van der Waals surface area contributed by atoms with Crippen LogP contribution in [0.25, 0.3) is 10.6 Å². The summed E-state index contributed by atoms with van der Waals surface area (Å²) in [6.07, 6.45) is 3.55. The van der Waals surface area contributed by atoms with Crippen molar-refractivity contribution in [2.75, 3.05) is 26.3 Å². The summed E-state index contributed by atoms with van der Waals surface area (Å²) in [4.78, 5) is 19.8. The summed E-state index contributed by atoms with van der Waals surface area (Å²) in [5, 5.41) is 10.9. The molecule has 0 aliphatic rings. The van der Waals surface area contributed by atoms with Crippen LogP contribution < -0.4 is 0 Å². The van der Waals surface area contributed by atoms with Crippen LogP contribution >= 0.6 is 46.4 Å². The van der Waals surface area contributed by atoms with Crippen LogP contribution in [-0.4, -0.2) is 43.6 Å². The van der Waals surface area contributed by atoms with E-state index < -0.39 is 0 Å². The molecule has 1 radical (unpaired) electrons. The van der Waals surface area contributed by atoms with Crippen LogP contribution in [-0.2, 0) is 35.8 Å². The van der Waals surface area contributed by atoms with Crippen LogP contribution in [0.2, 0.25) is 20.1 Å². The first-order valence-corrected chi connectivity index (χ1v) is 13.2. The van der Waals surface area contributed by atoms with E-state index in [2.05, 4.69) is 15.4 Å². The van der Waals surface area contributed by atoms with Gasteiger partial charge in [0.15, 0.2) is 0 Å². The van der Waals surface area contributed by atoms with E-state index in [-0.39, 0.29) is 26.2 Å². The van der Waals surface area contributed by atoms with Gasteiger partial charge in [0.1, 0.15) is 13.2 Å². The first-order valence-electron chi connectivity index (χ1n) is 11.7. The van der Waals surface area contributed by atoms with Crippen molar-refractivity contribution < 1.29 is 40.5 Å². The molecule has 0 aliphatic carbocycles. The average Bonchev–Trinajstić information content (AvgIpc) is 2.96. The van der Waals surface area contributed by atoms with Gasteiger partial charge in [-0.05, 0) is 24.3 Å². The second-order valence-electron chi connectivity index (χ2n) is 7.51. The van der Waals surface area contributed by atoms with Crippen LogP contribution in [0.15, 0.2) is 97.1 Å². The van der Waals surface area contributed by atoms with E-state index in [9.17, 15) is 9.59 Å². The van der Waals surface area contributed by atoms with Crippen molar-refractivity contribution in [1.82, 2.24) is 0 Å². The van der Waals surface area contributed by atoms with E-state index >= 15 is 0 Å². The third kappa shape index (κ3) is 13.9. The maximum absolute atomic E-state index is 9.88.